The first-order valence-electron chi connectivity index (χ1n) is 10.8. The Kier molecular flexibility index (Phi) is 6.58. The Balaban J connectivity index is 1.74. The molecule has 0 spiro atoms. The minimum atomic E-state index is -3.29. The van der Waals surface area contributed by atoms with Crippen LogP contribution in [0.5, 0.6) is 5.75 Å². The predicted octanol–water partition coefficient (Wildman–Crippen LogP) is 5.01. The summed E-state index contributed by atoms with van der Waals surface area (Å²) in [4.78, 5) is 9.17. The molecule has 174 valence electrons. The number of aryl methyl sites for hydroxylation is 1. The van der Waals surface area contributed by atoms with E-state index in [0.29, 0.717) is 30.4 Å². The van der Waals surface area contributed by atoms with Gasteiger partial charge in [0.15, 0.2) is 0 Å². The third kappa shape index (κ3) is 4.82. The average Bonchev–Trinajstić information content (AvgIpc) is 2.83. The van der Waals surface area contributed by atoms with Gasteiger partial charge in [-0.1, -0.05) is 24.3 Å². The second-order valence-corrected chi connectivity index (χ2v) is 8.10. The Morgan fingerprint density at radius 2 is 2.06 bits per heavy atom. The zero-order valence-corrected chi connectivity index (χ0v) is 18.9. The predicted molar refractivity (Wildman–Crippen MR) is 124 cm³/mol. The van der Waals surface area contributed by atoms with E-state index < -0.39 is 12.5 Å². The van der Waals surface area contributed by atoms with Gasteiger partial charge in [-0.05, 0) is 43.5 Å². The number of aromatic nitrogens is 2. The van der Waals surface area contributed by atoms with Crippen molar-refractivity contribution in [1.82, 2.24) is 9.97 Å². The molecule has 2 heterocycles. The number of rotatable bonds is 7. The highest BCUT2D eigenvalue weighted by molar-refractivity contribution is 5.94. The molecule has 2 N–H and O–H groups in total. The van der Waals surface area contributed by atoms with Crippen molar-refractivity contribution in [3.63, 3.8) is 0 Å². The van der Waals surface area contributed by atoms with Gasteiger partial charge in [-0.25, -0.2) is 9.97 Å². The molecular weight excluding hydrogens is 428 g/mol. The van der Waals surface area contributed by atoms with Crippen LogP contribution < -0.4 is 10.1 Å². The zero-order valence-electron chi connectivity index (χ0n) is 18.9. The minimum absolute atomic E-state index is 0.224. The molecule has 4 rings (SSSR count). The Hall–Kier alpha value is -3.10. The fraction of sp³-hybridized carbons (Fsp3) is 0.360. The number of hydrogen-bond acceptors (Lipinski definition) is 6. The number of alkyl halides is 2. The summed E-state index contributed by atoms with van der Waals surface area (Å²) in [5.41, 5.74) is 3.26. The average molecular weight is 456 g/mol. The van der Waals surface area contributed by atoms with Crippen LogP contribution in [0.4, 0.5) is 14.6 Å². The normalized spacial score (nSPS) is 15.3. The number of methoxy groups -OCH3 is 1. The van der Waals surface area contributed by atoms with Crippen molar-refractivity contribution in [1.29, 1.82) is 0 Å². The van der Waals surface area contributed by atoms with Crippen molar-refractivity contribution >= 4 is 22.3 Å². The largest absolute Gasteiger partial charge is 0.496 e. The first-order chi connectivity index (χ1) is 15.8. The van der Waals surface area contributed by atoms with Crippen LogP contribution in [0.15, 0.2) is 42.5 Å². The first-order valence-corrected chi connectivity index (χ1v) is 10.8. The molecule has 3 aromatic rings. The molecule has 33 heavy (non-hydrogen) atoms. The Morgan fingerprint density at radius 1 is 1.24 bits per heavy atom. The van der Waals surface area contributed by atoms with Gasteiger partial charge >= 0.3 is 0 Å². The number of anilines is 1. The van der Waals surface area contributed by atoms with Crippen LogP contribution in [0.25, 0.3) is 16.5 Å². The quantitative estimate of drug-likeness (QED) is 0.522. The van der Waals surface area contributed by atoms with Gasteiger partial charge in [0.25, 0.3) is 5.92 Å². The molecule has 0 fully saturated rings. The van der Waals surface area contributed by atoms with Gasteiger partial charge in [0.1, 0.15) is 24.0 Å². The lowest BCUT2D eigenvalue weighted by molar-refractivity contribution is -0.0556. The molecule has 8 heteroatoms. The first kappa shape index (κ1) is 23.1. The molecule has 0 saturated heterocycles. The van der Waals surface area contributed by atoms with Crippen LogP contribution in [0, 0.1) is 6.92 Å². The SMILES string of the molecule is COc1cc2nc(C)nc(N[C@H](C)c3cccc(C(F)(F)CO)c3)c2cc1C1=CCOCC1. The molecule has 1 aliphatic rings. The number of nitrogens with one attached hydrogen (secondary N) is 1. The van der Waals surface area contributed by atoms with E-state index in [2.05, 4.69) is 15.3 Å². The van der Waals surface area contributed by atoms with Gasteiger partial charge in [0.05, 0.1) is 25.8 Å². The number of nitrogens with zero attached hydrogens (tertiary/aromatic N) is 2. The number of fused-ring (bicyclic) bond motifs is 1. The van der Waals surface area contributed by atoms with Gasteiger partial charge in [-0.2, -0.15) is 8.78 Å². The Labute approximate surface area is 191 Å². The maximum absolute atomic E-state index is 14.0. The van der Waals surface area contributed by atoms with Crippen LogP contribution in [0.2, 0.25) is 0 Å². The smallest absolute Gasteiger partial charge is 0.295 e. The van der Waals surface area contributed by atoms with Gasteiger partial charge < -0.3 is 19.9 Å². The number of hydrogen-bond donors (Lipinski definition) is 2. The number of ether oxygens (including phenoxy) is 2. The van der Waals surface area contributed by atoms with Gasteiger partial charge in [-0.3, -0.25) is 0 Å². The van der Waals surface area contributed by atoms with Crippen LogP contribution in [-0.2, 0) is 10.7 Å². The summed E-state index contributed by atoms with van der Waals surface area (Å²) in [6.45, 7) is 3.65. The van der Waals surface area contributed by atoms with Crippen molar-refractivity contribution in [3.8, 4) is 5.75 Å². The van der Waals surface area contributed by atoms with E-state index in [4.69, 9.17) is 14.6 Å². The summed E-state index contributed by atoms with van der Waals surface area (Å²) < 4.78 is 39.1. The van der Waals surface area contributed by atoms with E-state index in [9.17, 15) is 8.78 Å². The highest BCUT2D eigenvalue weighted by Gasteiger charge is 2.30. The van der Waals surface area contributed by atoms with Crippen molar-refractivity contribution in [2.75, 3.05) is 32.2 Å². The summed E-state index contributed by atoms with van der Waals surface area (Å²) in [7, 11) is 1.63. The number of aliphatic hydroxyl groups excluding tert-OH is 1. The molecule has 0 radical (unpaired) electrons. The molecule has 1 aromatic heterocycles. The van der Waals surface area contributed by atoms with Gasteiger partial charge in [0, 0.05) is 28.6 Å². The lowest BCUT2D eigenvalue weighted by Gasteiger charge is -2.21. The Bertz CT molecular complexity index is 1200. The third-order valence-electron chi connectivity index (χ3n) is 5.80. The van der Waals surface area contributed by atoms with E-state index in [1.54, 1.807) is 26.2 Å². The molecule has 0 amide bonds. The van der Waals surface area contributed by atoms with Crippen LogP contribution in [-0.4, -0.2) is 42.0 Å². The van der Waals surface area contributed by atoms with E-state index in [0.717, 1.165) is 34.2 Å². The maximum Gasteiger partial charge on any atom is 0.295 e. The van der Waals surface area contributed by atoms with E-state index in [1.165, 1.54) is 12.1 Å². The summed E-state index contributed by atoms with van der Waals surface area (Å²) in [6.07, 6.45) is 2.82. The molecule has 6 nitrogen and oxygen atoms in total. The van der Waals surface area contributed by atoms with Crippen molar-refractivity contribution in [3.05, 3.63) is 65.0 Å². The maximum atomic E-state index is 14.0. The van der Waals surface area contributed by atoms with Gasteiger partial charge in [0.2, 0.25) is 0 Å². The van der Waals surface area contributed by atoms with Gasteiger partial charge in [-0.15, -0.1) is 0 Å². The number of halogens is 2. The molecule has 1 atom stereocenters. The van der Waals surface area contributed by atoms with E-state index in [1.807, 2.05) is 25.1 Å². The molecule has 1 aliphatic heterocycles. The lowest BCUT2D eigenvalue weighted by Crippen LogP contribution is -2.19. The highest BCUT2D eigenvalue weighted by atomic mass is 19.3. The third-order valence-corrected chi connectivity index (χ3v) is 5.80. The summed E-state index contributed by atoms with van der Waals surface area (Å²) >= 11 is 0. The fourth-order valence-corrected chi connectivity index (χ4v) is 3.99. The highest BCUT2D eigenvalue weighted by Crippen LogP contribution is 2.36. The zero-order chi connectivity index (χ0) is 23.6. The number of benzene rings is 2. The topological polar surface area (TPSA) is 76.5 Å². The van der Waals surface area contributed by atoms with Crippen LogP contribution in [0.1, 0.15) is 41.9 Å². The lowest BCUT2D eigenvalue weighted by atomic mass is 9.98. The fourth-order valence-electron chi connectivity index (χ4n) is 3.99. The molecular formula is C25H27F2N3O3. The second kappa shape index (κ2) is 9.41. The second-order valence-electron chi connectivity index (χ2n) is 8.10. The molecule has 0 bridgehead atoms. The molecule has 0 aliphatic carbocycles. The van der Waals surface area contributed by atoms with Crippen LogP contribution in [0.3, 0.4) is 0 Å². The summed E-state index contributed by atoms with van der Waals surface area (Å²) in [5.74, 6) is -1.37. The van der Waals surface area contributed by atoms with E-state index in [-0.39, 0.29) is 11.6 Å². The van der Waals surface area contributed by atoms with Crippen molar-refractivity contribution < 1.29 is 23.4 Å². The Morgan fingerprint density at radius 3 is 2.76 bits per heavy atom. The minimum Gasteiger partial charge on any atom is -0.496 e. The molecule has 2 aromatic carbocycles. The van der Waals surface area contributed by atoms with Crippen LogP contribution >= 0.6 is 0 Å². The molecule has 0 unspecified atom stereocenters. The van der Waals surface area contributed by atoms with Crippen molar-refractivity contribution in [2.24, 2.45) is 0 Å². The van der Waals surface area contributed by atoms with E-state index >= 15 is 0 Å². The standard InChI is InChI=1S/C25H27F2N3O3/c1-15(18-5-4-6-19(11-18)25(26,27)14-31)28-24-21-12-20(17-7-9-33-10-8-17)23(32-3)13-22(21)29-16(2)30-24/h4-7,11-13,15,31H,8-10,14H2,1-3H3,(H,28,29,30)/t15-/m1/s1. The summed E-state index contributed by atoms with van der Waals surface area (Å²) in [5, 5.41) is 13.2. The molecule has 0 saturated carbocycles. The monoisotopic (exact) mass is 455 g/mol. The van der Waals surface area contributed by atoms with Crippen molar-refractivity contribution in [2.45, 2.75) is 32.2 Å². The number of aliphatic hydroxyl groups is 1. The summed E-state index contributed by atoms with van der Waals surface area (Å²) in [6, 6.07) is 9.65.